The van der Waals surface area contributed by atoms with Gasteiger partial charge >= 0.3 is 11.9 Å². The molecular weight excluding hydrogens is 400 g/mol. The van der Waals surface area contributed by atoms with E-state index in [1.807, 2.05) is 18.3 Å². The topological polar surface area (TPSA) is 155 Å². The summed E-state index contributed by atoms with van der Waals surface area (Å²) in [6, 6.07) is 8.73. The number of rotatable bonds is 7. The number of sulfone groups is 1. The van der Waals surface area contributed by atoms with Crippen LogP contribution in [0.25, 0.3) is 11.1 Å². The molecule has 10 nitrogen and oxygen atoms in total. The van der Waals surface area contributed by atoms with Crippen molar-refractivity contribution in [3.8, 4) is 11.1 Å². The van der Waals surface area contributed by atoms with Crippen LogP contribution in [0.5, 0.6) is 0 Å². The first-order chi connectivity index (χ1) is 13.6. The Morgan fingerprint density at radius 1 is 1.10 bits per heavy atom. The van der Waals surface area contributed by atoms with Gasteiger partial charge in [0.2, 0.25) is 0 Å². The maximum atomic E-state index is 11.6. The zero-order valence-electron chi connectivity index (χ0n) is 15.5. The number of carboxylic acids is 2. The minimum Gasteiger partial charge on any atom is -0.481 e. The number of aliphatic carboxylic acids is 2. The van der Waals surface area contributed by atoms with Crippen LogP contribution in [-0.4, -0.2) is 56.8 Å². The van der Waals surface area contributed by atoms with Gasteiger partial charge in [0.1, 0.15) is 0 Å². The Bertz CT molecular complexity index is 1060. The van der Waals surface area contributed by atoms with Crippen LogP contribution in [0.2, 0.25) is 0 Å². The first-order valence-corrected chi connectivity index (χ1v) is 10.3. The first-order valence-electron chi connectivity index (χ1n) is 8.40. The van der Waals surface area contributed by atoms with E-state index in [0.29, 0.717) is 11.4 Å². The lowest BCUT2D eigenvalue weighted by Crippen LogP contribution is -2.00. The lowest BCUT2D eigenvalue weighted by atomic mass is 10.1. The van der Waals surface area contributed by atoms with Gasteiger partial charge < -0.3 is 10.2 Å². The lowest BCUT2D eigenvalue weighted by molar-refractivity contribution is -0.143. The number of benzene rings is 1. The maximum Gasteiger partial charge on any atom is 0.303 e. The number of hydrogen-bond acceptors (Lipinski definition) is 6. The zero-order chi connectivity index (χ0) is 21.4. The molecule has 0 spiro atoms. The third-order valence-electron chi connectivity index (χ3n) is 3.66. The van der Waals surface area contributed by atoms with Crippen LogP contribution in [0.4, 0.5) is 0 Å². The van der Waals surface area contributed by atoms with E-state index < -0.39 is 21.8 Å². The molecule has 0 saturated carbocycles. The third-order valence-corrected chi connectivity index (χ3v) is 4.77. The highest BCUT2D eigenvalue weighted by Crippen LogP contribution is 2.22. The zero-order valence-corrected chi connectivity index (χ0v) is 16.3. The molecule has 0 atom stereocenters. The van der Waals surface area contributed by atoms with Gasteiger partial charge in [-0.1, -0.05) is 12.1 Å². The van der Waals surface area contributed by atoms with Gasteiger partial charge in [-0.15, -0.1) is 0 Å². The summed E-state index contributed by atoms with van der Waals surface area (Å²) in [6.45, 7) is 0.565. The number of aromatic nitrogens is 4. The van der Waals surface area contributed by atoms with Crippen LogP contribution in [-0.2, 0) is 26.0 Å². The summed E-state index contributed by atoms with van der Waals surface area (Å²) in [4.78, 5) is 19.6. The molecule has 3 aromatic rings. The highest BCUT2D eigenvalue weighted by Gasteiger charge is 2.09. The van der Waals surface area contributed by atoms with Crippen LogP contribution in [0, 0.1) is 0 Å². The molecule has 11 heteroatoms. The monoisotopic (exact) mass is 420 g/mol. The Morgan fingerprint density at radius 3 is 2.34 bits per heavy atom. The molecule has 0 fully saturated rings. The van der Waals surface area contributed by atoms with Crippen molar-refractivity contribution < 1.29 is 28.2 Å². The van der Waals surface area contributed by atoms with E-state index in [9.17, 15) is 18.0 Å². The van der Waals surface area contributed by atoms with Gasteiger partial charge in [-0.25, -0.2) is 8.42 Å². The number of H-pyrrole nitrogens is 1. The second-order valence-corrected chi connectivity index (χ2v) is 8.10. The summed E-state index contributed by atoms with van der Waals surface area (Å²) in [7, 11) is -3.21. The molecule has 3 N–H and O–H groups in total. The SMILES string of the molecule is CS(=O)(=O)c1cccc(-c2cnn(Cc3cc[nH]n3)c2)c1.O=C(O)CCC(=O)O. The Labute approximate surface area is 166 Å². The third kappa shape index (κ3) is 7.22. The predicted octanol–water partition coefficient (Wildman–Crippen LogP) is 1.66. The van der Waals surface area contributed by atoms with Gasteiger partial charge in [-0.2, -0.15) is 10.2 Å². The summed E-state index contributed by atoms with van der Waals surface area (Å²) in [5, 5.41) is 26.9. The van der Waals surface area contributed by atoms with E-state index in [4.69, 9.17) is 10.2 Å². The predicted molar refractivity (Wildman–Crippen MR) is 103 cm³/mol. The van der Waals surface area contributed by atoms with Gasteiger partial charge in [0, 0.05) is 24.2 Å². The van der Waals surface area contributed by atoms with Crippen LogP contribution in [0.3, 0.4) is 0 Å². The lowest BCUT2D eigenvalue weighted by Gasteiger charge is -2.01. The standard InChI is InChI=1S/C14H14N4O2S.C4H6O4/c1-21(19,20)14-4-2-3-11(7-14)12-8-16-18(9-12)10-13-5-6-15-17-13;5-3(6)1-2-4(7)8/h2-9H,10H2,1H3,(H,15,17);1-2H2,(H,5,6)(H,7,8). The van der Waals surface area contributed by atoms with Crippen LogP contribution >= 0.6 is 0 Å². The van der Waals surface area contributed by atoms with Gasteiger partial charge in [0.25, 0.3) is 0 Å². The fraction of sp³-hybridized carbons (Fsp3) is 0.222. The van der Waals surface area contributed by atoms with Crippen molar-refractivity contribution in [3.05, 3.63) is 54.6 Å². The number of carbonyl (C=O) groups is 2. The second kappa shape index (κ2) is 9.64. The highest BCUT2D eigenvalue weighted by atomic mass is 32.2. The summed E-state index contributed by atoms with van der Waals surface area (Å²) < 4.78 is 25.0. The fourth-order valence-electron chi connectivity index (χ4n) is 2.26. The van der Waals surface area contributed by atoms with Crippen LogP contribution in [0.15, 0.2) is 53.8 Å². The van der Waals surface area contributed by atoms with Crippen molar-refractivity contribution >= 4 is 21.8 Å². The Kier molecular flexibility index (Phi) is 7.26. The molecule has 0 unspecified atom stereocenters. The second-order valence-electron chi connectivity index (χ2n) is 6.08. The van der Waals surface area contributed by atoms with Crippen molar-refractivity contribution in [2.75, 3.05) is 6.26 Å². The Balaban J connectivity index is 0.000000321. The molecule has 0 aliphatic heterocycles. The van der Waals surface area contributed by atoms with E-state index in [1.54, 1.807) is 35.3 Å². The number of hydrogen-bond donors (Lipinski definition) is 3. The highest BCUT2D eigenvalue weighted by molar-refractivity contribution is 7.90. The molecule has 3 rings (SSSR count). The molecule has 0 amide bonds. The summed E-state index contributed by atoms with van der Waals surface area (Å²) >= 11 is 0. The number of aromatic amines is 1. The van der Waals surface area contributed by atoms with Crippen molar-refractivity contribution in [3.63, 3.8) is 0 Å². The molecule has 2 heterocycles. The van der Waals surface area contributed by atoms with E-state index in [2.05, 4.69) is 15.3 Å². The largest absolute Gasteiger partial charge is 0.481 e. The van der Waals surface area contributed by atoms with Crippen molar-refractivity contribution in [2.45, 2.75) is 24.3 Å². The molecule has 154 valence electrons. The molecule has 0 saturated heterocycles. The van der Waals surface area contributed by atoms with E-state index in [1.165, 1.54) is 6.26 Å². The average Bonchev–Trinajstić information content (AvgIpc) is 3.32. The van der Waals surface area contributed by atoms with E-state index >= 15 is 0 Å². The minimum absolute atomic E-state index is 0.296. The number of nitrogens with zero attached hydrogens (tertiary/aromatic N) is 3. The van der Waals surface area contributed by atoms with Crippen LogP contribution in [0.1, 0.15) is 18.5 Å². The molecule has 2 aromatic heterocycles. The first kappa shape index (κ1) is 21.8. The normalized spacial score (nSPS) is 10.8. The number of nitrogens with one attached hydrogen (secondary N) is 1. The Hall–Kier alpha value is -3.47. The summed E-state index contributed by atoms with van der Waals surface area (Å²) in [5.74, 6) is -2.15. The molecular formula is C18H20N4O6S. The molecule has 0 bridgehead atoms. The van der Waals surface area contributed by atoms with E-state index in [0.717, 1.165) is 16.8 Å². The summed E-state index contributed by atoms with van der Waals surface area (Å²) in [5.41, 5.74) is 2.58. The van der Waals surface area contributed by atoms with Gasteiger partial charge in [0.15, 0.2) is 9.84 Å². The van der Waals surface area contributed by atoms with Crippen molar-refractivity contribution in [2.24, 2.45) is 0 Å². The number of carboxylic acid groups (broad SMARTS) is 2. The fourth-order valence-corrected chi connectivity index (χ4v) is 2.93. The van der Waals surface area contributed by atoms with Gasteiger partial charge in [-0.3, -0.25) is 19.4 Å². The minimum atomic E-state index is -3.21. The smallest absolute Gasteiger partial charge is 0.303 e. The quantitative estimate of drug-likeness (QED) is 0.521. The van der Waals surface area contributed by atoms with Crippen LogP contribution < -0.4 is 0 Å². The van der Waals surface area contributed by atoms with Crippen molar-refractivity contribution in [1.82, 2.24) is 20.0 Å². The Morgan fingerprint density at radius 2 is 1.79 bits per heavy atom. The average molecular weight is 420 g/mol. The van der Waals surface area contributed by atoms with Gasteiger partial charge in [-0.05, 0) is 23.8 Å². The van der Waals surface area contributed by atoms with E-state index in [-0.39, 0.29) is 12.8 Å². The summed E-state index contributed by atoms with van der Waals surface area (Å²) in [6.07, 6.45) is 5.96. The molecule has 0 radical (unpaired) electrons. The van der Waals surface area contributed by atoms with Crippen molar-refractivity contribution in [1.29, 1.82) is 0 Å². The molecule has 0 aliphatic rings. The van der Waals surface area contributed by atoms with Gasteiger partial charge in [0.05, 0.1) is 36.2 Å². The molecule has 0 aliphatic carbocycles. The molecule has 1 aromatic carbocycles. The molecule has 29 heavy (non-hydrogen) atoms. The maximum absolute atomic E-state index is 11.6.